The van der Waals surface area contributed by atoms with E-state index in [1.54, 1.807) is 0 Å². The van der Waals surface area contributed by atoms with Gasteiger partial charge in [-0.2, -0.15) is 0 Å². The monoisotopic (exact) mass is 270 g/mol. The Morgan fingerprint density at radius 2 is 1.79 bits per heavy atom. The number of rotatable bonds is 11. The first-order valence-corrected chi connectivity index (χ1v) is 7.92. The van der Waals surface area contributed by atoms with Gasteiger partial charge in [-0.25, -0.2) is 0 Å². The number of hydrogen-bond acceptors (Lipinski definition) is 2. The van der Waals surface area contributed by atoms with Crippen molar-refractivity contribution in [3.63, 3.8) is 0 Å². The standard InChI is InChI=1S/C17H34O2/c1-5-6-7-12-16(18)13-8-10-15(2)11-9-14-17(3,4)19/h8,13,15-16,18-19H,5-7,9-12,14H2,1-4H3/t15-,16+/m1/s1. The van der Waals surface area contributed by atoms with Crippen LogP contribution in [-0.4, -0.2) is 21.9 Å². The minimum absolute atomic E-state index is 0.268. The molecule has 2 nitrogen and oxygen atoms in total. The van der Waals surface area contributed by atoms with Gasteiger partial charge in [0.1, 0.15) is 0 Å². The molecular weight excluding hydrogens is 236 g/mol. The van der Waals surface area contributed by atoms with Gasteiger partial charge in [0.2, 0.25) is 0 Å². The lowest BCUT2D eigenvalue weighted by Crippen LogP contribution is -2.18. The van der Waals surface area contributed by atoms with Gasteiger partial charge in [0.05, 0.1) is 11.7 Å². The van der Waals surface area contributed by atoms with E-state index >= 15 is 0 Å². The van der Waals surface area contributed by atoms with Crippen LogP contribution in [0, 0.1) is 5.92 Å². The molecule has 0 unspecified atom stereocenters. The molecular formula is C17H34O2. The third kappa shape index (κ3) is 13.9. The molecule has 0 aromatic carbocycles. The second-order valence-electron chi connectivity index (χ2n) is 6.54. The predicted molar refractivity (Wildman–Crippen MR) is 83.2 cm³/mol. The highest BCUT2D eigenvalue weighted by molar-refractivity contribution is 4.89. The summed E-state index contributed by atoms with van der Waals surface area (Å²) in [6, 6.07) is 0. The zero-order chi connectivity index (χ0) is 14.7. The Labute approximate surface area is 119 Å². The van der Waals surface area contributed by atoms with E-state index < -0.39 is 5.60 Å². The molecule has 114 valence electrons. The molecule has 2 atom stereocenters. The van der Waals surface area contributed by atoms with Gasteiger partial charge in [-0.3, -0.25) is 0 Å². The van der Waals surface area contributed by atoms with Crippen LogP contribution in [0.2, 0.25) is 0 Å². The average molecular weight is 270 g/mol. The lowest BCUT2D eigenvalue weighted by atomic mass is 9.95. The number of aliphatic hydroxyl groups is 2. The van der Waals surface area contributed by atoms with E-state index in [0.717, 1.165) is 38.5 Å². The van der Waals surface area contributed by atoms with Crippen molar-refractivity contribution in [3.8, 4) is 0 Å². The summed E-state index contributed by atoms with van der Waals surface area (Å²) in [4.78, 5) is 0. The van der Waals surface area contributed by atoms with Crippen LogP contribution < -0.4 is 0 Å². The summed E-state index contributed by atoms with van der Waals surface area (Å²) in [5, 5.41) is 19.4. The van der Waals surface area contributed by atoms with Crippen LogP contribution in [-0.2, 0) is 0 Å². The van der Waals surface area contributed by atoms with E-state index in [-0.39, 0.29) is 6.10 Å². The molecule has 0 aliphatic carbocycles. The first-order chi connectivity index (χ1) is 8.85. The maximum absolute atomic E-state index is 9.75. The zero-order valence-corrected chi connectivity index (χ0v) is 13.4. The van der Waals surface area contributed by atoms with Crippen molar-refractivity contribution in [2.45, 2.75) is 90.8 Å². The first kappa shape index (κ1) is 18.7. The topological polar surface area (TPSA) is 40.5 Å². The largest absolute Gasteiger partial charge is 0.390 e. The van der Waals surface area contributed by atoms with Crippen LogP contribution in [0.1, 0.15) is 79.1 Å². The highest BCUT2D eigenvalue weighted by atomic mass is 16.3. The highest BCUT2D eigenvalue weighted by Gasteiger charge is 2.12. The molecule has 0 heterocycles. The molecule has 0 aromatic heterocycles. The van der Waals surface area contributed by atoms with Crippen molar-refractivity contribution in [2.24, 2.45) is 5.92 Å². The lowest BCUT2D eigenvalue weighted by molar-refractivity contribution is 0.0670. The normalized spacial score (nSPS) is 15.9. The molecule has 2 heteroatoms. The van der Waals surface area contributed by atoms with Crippen molar-refractivity contribution in [1.29, 1.82) is 0 Å². The van der Waals surface area contributed by atoms with E-state index in [9.17, 15) is 10.2 Å². The summed E-state index contributed by atoms with van der Waals surface area (Å²) < 4.78 is 0. The molecule has 19 heavy (non-hydrogen) atoms. The summed E-state index contributed by atoms with van der Waals surface area (Å²) in [6.45, 7) is 8.14. The van der Waals surface area contributed by atoms with Crippen molar-refractivity contribution in [3.05, 3.63) is 12.2 Å². The van der Waals surface area contributed by atoms with Crippen LogP contribution in [0.15, 0.2) is 12.2 Å². The number of hydrogen-bond donors (Lipinski definition) is 2. The Kier molecular flexibility index (Phi) is 10.3. The SMILES string of the molecule is CCCCC[C@H](O)C=CC[C@@H](C)CCCC(C)(C)O. The van der Waals surface area contributed by atoms with Crippen LogP contribution >= 0.6 is 0 Å². The van der Waals surface area contributed by atoms with Crippen molar-refractivity contribution >= 4 is 0 Å². The fourth-order valence-electron chi connectivity index (χ4n) is 2.17. The minimum Gasteiger partial charge on any atom is -0.390 e. The Balaban J connectivity index is 3.62. The summed E-state index contributed by atoms with van der Waals surface area (Å²) in [6.07, 6.45) is 12.3. The van der Waals surface area contributed by atoms with E-state index in [2.05, 4.69) is 19.9 Å². The van der Waals surface area contributed by atoms with E-state index in [1.807, 2.05) is 19.9 Å². The summed E-state index contributed by atoms with van der Waals surface area (Å²) in [5.74, 6) is 0.626. The second-order valence-corrected chi connectivity index (χ2v) is 6.54. The van der Waals surface area contributed by atoms with Crippen LogP contribution in [0.5, 0.6) is 0 Å². The molecule has 0 rings (SSSR count). The van der Waals surface area contributed by atoms with Gasteiger partial charge in [-0.1, -0.05) is 58.1 Å². The van der Waals surface area contributed by atoms with Crippen LogP contribution in [0.4, 0.5) is 0 Å². The van der Waals surface area contributed by atoms with Gasteiger partial charge >= 0.3 is 0 Å². The van der Waals surface area contributed by atoms with Gasteiger partial charge < -0.3 is 10.2 Å². The molecule has 0 saturated heterocycles. The molecule has 0 aliphatic rings. The Morgan fingerprint density at radius 1 is 1.11 bits per heavy atom. The van der Waals surface area contributed by atoms with Gasteiger partial charge in [-0.05, 0) is 39.0 Å². The van der Waals surface area contributed by atoms with E-state index in [1.165, 1.54) is 12.8 Å². The van der Waals surface area contributed by atoms with Crippen LogP contribution in [0.3, 0.4) is 0 Å². The Bertz CT molecular complexity index is 228. The lowest BCUT2D eigenvalue weighted by Gasteiger charge is -2.17. The highest BCUT2D eigenvalue weighted by Crippen LogP contribution is 2.18. The average Bonchev–Trinajstić information content (AvgIpc) is 2.27. The summed E-state index contributed by atoms with van der Waals surface area (Å²) in [7, 11) is 0. The summed E-state index contributed by atoms with van der Waals surface area (Å²) >= 11 is 0. The molecule has 0 saturated carbocycles. The molecule has 0 bridgehead atoms. The van der Waals surface area contributed by atoms with Gasteiger partial charge in [-0.15, -0.1) is 0 Å². The number of aliphatic hydroxyl groups excluding tert-OH is 1. The van der Waals surface area contributed by atoms with Crippen molar-refractivity contribution in [2.75, 3.05) is 0 Å². The summed E-state index contributed by atoms with van der Waals surface area (Å²) in [5.41, 5.74) is -0.537. The minimum atomic E-state index is -0.537. The quantitative estimate of drug-likeness (QED) is 0.430. The van der Waals surface area contributed by atoms with Crippen molar-refractivity contribution < 1.29 is 10.2 Å². The third-order valence-corrected chi connectivity index (χ3v) is 3.49. The number of allylic oxidation sites excluding steroid dienone is 1. The Morgan fingerprint density at radius 3 is 2.37 bits per heavy atom. The molecule has 0 fully saturated rings. The van der Waals surface area contributed by atoms with Gasteiger partial charge in [0, 0.05) is 0 Å². The van der Waals surface area contributed by atoms with E-state index in [4.69, 9.17) is 0 Å². The van der Waals surface area contributed by atoms with Crippen molar-refractivity contribution in [1.82, 2.24) is 0 Å². The second kappa shape index (κ2) is 10.4. The first-order valence-electron chi connectivity index (χ1n) is 7.92. The van der Waals surface area contributed by atoms with Gasteiger partial charge in [0.25, 0.3) is 0 Å². The zero-order valence-electron chi connectivity index (χ0n) is 13.4. The smallest absolute Gasteiger partial charge is 0.0720 e. The number of unbranched alkanes of at least 4 members (excludes halogenated alkanes) is 2. The molecule has 0 amide bonds. The fourth-order valence-corrected chi connectivity index (χ4v) is 2.17. The third-order valence-electron chi connectivity index (χ3n) is 3.49. The maximum Gasteiger partial charge on any atom is 0.0720 e. The molecule has 0 radical (unpaired) electrons. The Hall–Kier alpha value is -0.340. The molecule has 0 aliphatic heterocycles. The van der Waals surface area contributed by atoms with E-state index in [0.29, 0.717) is 5.92 Å². The predicted octanol–water partition coefficient (Wildman–Crippen LogP) is 4.45. The van der Waals surface area contributed by atoms with Gasteiger partial charge in [0.15, 0.2) is 0 Å². The van der Waals surface area contributed by atoms with Crippen LogP contribution in [0.25, 0.3) is 0 Å². The molecule has 2 N–H and O–H groups in total. The maximum atomic E-state index is 9.75. The molecule has 0 aromatic rings. The molecule has 0 spiro atoms. The fraction of sp³-hybridized carbons (Fsp3) is 0.882.